The summed E-state index contributed by atoms with van der Waals surface area (Å²) in [5.41, 5.74) is 1.74. The summed E-state index contributed by atoms with van der Waals surface area (Å²) in [6.45, 7) is 4.73. The number of rotatable bonds is 7. The average Bonchev–Trinajstić information content (AvgIpc) is 3.27. The number of carbonyl (C=O) groups is 1. The van der Waals surface area contributed by atoms with Gasteiger partial charge in [-0.15, -0.1) is 5.10 Å². The van der Waals surface area contributed by atoms with E-state index in [1.54, 1.807) is 6.33 Å². The van der Waals surface area contributed by atoms with Gasteiger partial charge in [-0.3, -0.25) is 4.79 Å². The van der Waals surface area contributed by atoms with Crippen LogP contribution < -0.4 is 10.2 Å². The predicted octanol–water partition coefficient (Wildman–Crippen LogP) is 1.85. The molecule has 0 aromatic carbocycles. The van der Waals surface area contributed by atoms with Gasteiger partial charge in [-0.25, -0.2) is 9.97 Å². The molecule has 2 aromatic rings. The number of hydrogen-bond donors (Lipinski definition) is 1. The molecule has 1 saturated heterocycles. The molecule has 2 aromatic heterocycles. The number of amides is 1. The van der Waals surface area contributed by atoms with Crippen molar-refractivity contribution < 1.29 is 4.79 Å². The molecule has 0 bridgehead atoms. The molecule has 0 saturated carbocycles. The highest BCUT2D eigenvalue weighted by atomic mass is 32.1. The van der Waals surface area contributed by atoms with Crippen LogP contribution >= 0.6 is 11.5 Å². The van der Waals surface area contributed by atoms with E-state index in [4.69, 9.17) is 0 Å². The number of nitrogens with zero attached hydrogens (tertiary/aromatic N) is 5. The third kappa shape index (κ3) is 4.05. The quantitative estimate of drug-likeness (QED) is 0.824. The molecule has 128 valence electrons. The van der Waals surface area contributed by atoms with Crippen molar-refractivity contribution in [2.24, 2.45) is 0 Å². The molecule has 1 fully saturated rings. The van der Waals surface area contributed by atoms with Crippen molar-refractivity contribution in [3.05, 3.63) is 28.7 Å². The van der Waals surface area contributed by atoms with E-state index in [1.165, 1.54) is 12.8 Å². The Balaban J connectivity index is 1.53. The molecule has 1 aliphatic rings. The van der Waals surface area contributed by atoms with Crippen molar-refractivity contribution in [2.75, 3.05) is 24.5 Å². The molecule has 0 atom stereocenters. The lowest BCUT2D eigenvalue weighted by Crippen LogP contribution is -2.26. The summed E-state index contributed by atoms with van der Waals surface area (Å²) in [6, 6.07) is 2.02. The van der Waals surface area contributed by atoms with Crippen molar-refractivity contribution in [3.8, 4) is 0 Å². The fourth-order valence-electron chi connectivity index (χ4n) is 2.81. The second-order valence-electron chi connectivity index (χ2n) is 5.87. The summed E-state index contributed by atoms with van der Waals surface area (Å²) in [5, 5.41) is 6.97. The lowest BCUT2D eigenvalue weighted by atomic mass is 10.2. The van der Waals surface area contributed by atoms with E-state index < -0.39 is 0 Å². The number of nitrogens with one attached hydrogen (secondary N) is 1. The second-order valence-corrected chi connectivity index (χ2v) is 6.62. The van der Waals surface area contributed by atoms with Gasteiger partial charge in [0.1, 0.15) is 17.0 Å². The van der Waals surface area contributed by atoms with E-state index in [1.807, 2.05) is 6.07 Å². The fraction of sp³-hybridized carbons (Fsp3) is 0.562. The Morgan fingerprint density at radius 1 is 1.29 bits per heavy atom. The van der Waals surface area contributed by atoms with Gasteiger partial charge in [-0.1, -0.05) is 17.8 Å². The molecule has 1 amide bonds. The Morgan fingerprint density at radius 3 is 2.92 bits per heavy atom. The van der Waals surface area contributed by atoms with Crippen molar-refractivity contribution in [1.29, 1.82) is 0 Å². The number of hydrogen-bond acceptors (Lipinski definition) is 7. The van der Waals surface area contributed by atoms with Crippen LogP contribution in [0.2, 0.25) is 0 Å². The van der Waals surface area contributed by atoms with Crippen molar-refractivity contribution in [1.82, 2.24) is 24.9 Å². The molecule has 8 heteroatoms. The maximum absolute atomic E-state index is 12.2. The Bertz CT molecular complexity index is 683. The molecule has 24 heavy (non-hydrogen) atoms. The van der Waals surface area contributed by atoms with E-state index in [9.17, 15) is 4.79 Å². The second kappa shape index (κ2) is 8.14. The lowest BCUT2D eigenvalue weighted by Gasteiger charge is -2.16. The van der Waals surface area contributed by atoms with Crippen LogP contribution in [0, 0.1) is 0 Å². The summed E-state index contributed by atoms with van der Waals surface area (Å²) < 4.78 is 3.89. The van der Waals surface area contributed by atoms with Crippen LogP contribution in [0.5, 0.6) is 0 Å². The first-order valence-corrected chi connectivity index (χ1v) is 9.20. The van der Waals surface area contributed by atoms with Gasteiger partial charge >= 0.3 is 0 Å². The minimum absolute atomic E-state index is 0.0951. The smallest absolute Gasteiger partial charge is 0.264 e. The van der Waals surface area contributed by atoms with Gasteiger partial charge in [0, 0.05) is 37.8 Å². The Hall–Kier alpha value is -2.09. The lowest BCUT2D eigenvalue weighted by molar-refractivity contribution is 0.0957. The molecule has 0 radical (unpaired) electrons. The van der Waals surface area contributed by atoms with Crippen LogP contribution in [-0.2, 0) is 12.8 Å². The van der Waals surface area contributed by atoms with E-state index >= 15 is 0 Å². The standard InChI is InChI=1S/C16H22N6OS/c1-2-5-13-15(24-21-20-13)16(23)17-7-6-12-10-14(19-11-18-12)22-8-3-4-9-22/h10-11H,2-9H2,1H3,(H,17,23). The number of anilines is 1. The zero-order chi connectivity index (χ0) is 16.8. The molecule has 7 nitrogen and oxygen atoms in total. The van der Waals surface area contributed by atoms with Crippen molar-refractivity contribution >= 4 is 23.3 Å². The van der Waals surface area contributed by atoms with Gasteiger partial charge < -0.3 is 10.2 Å². The maximum Gasteiger partial charge on any atom is 0.264 e. The maximum atomic E-state index is 12.2. The van der Waals surface area contributed by atoms with E-state index in [-0.39, 0.29) is 5.91 Å². The number of aromatic nitrogens is 4. The molecule has 0 aliphatic carbocycles. The van der Waals surface area contributed by atoms with Gasteiger partial charge in [0.25, 0.3) is 5.91 Å². The predicted molar refractivity (Wildman–Crippen MR) is 93.4 cm³/mol. The van der Waals surface area contributed by atoms with E-state index in [2.05, 4.69) is 36.7 Å². The minimum Gasteiger partial charge on any atom is -0.357 e. The van der Waals surface area contributed by atoms with Gasteiger partial charge in [-0.2, -0.15) is 0 Å². The van der Waals surface area contributed by atoms with E-state index in [0.29, 0.717) is 17.8 Å². The fourth-order valence-corrected chi connectivity index (χ4v) is 3.43. The highest BCUT2D eigenvalue weighted by molar-refractivity contribution is 7.08. The SMILES string of the molecule is CCCc1nnsc1C(=O)NCCc1cc(N2CCCC2)ncn1. The first-order chi connectivity index (χ1) is 11.8. The zero-order valence-corrected chi connectivity index (χ0v) is 14.7. The Kier molecular flexibility index (Phi) is 5.68. The molecule has 1 aliphatic heterocycles. The molecule has 1 N–H and O–H groups in total. The monoisotopic (exact) mass is 346 g/mol. The minimum atomic E-state index is -0.0951. The summed E-state index contributed by atoms with van der Waals surface area (Å²) in [4.78, 5) is 23.8. The van der Waals surface area contributed by atoms with Crippen LogP contribution in [0.25, 0.3) is 0 Å². The largest absolute Gasteiger partial charge is 0.357 e. The van der Waals surface area contributed by atoms with Crippen LogP contribution in [0.1, 0.15) is 47.2 Å². The first kappa shape index (κ1) is 16.8. The van der Waals surface area contributed by atoms with E-state index in [0.717, 1.165) is 54.7 Å². The summed E-state index contributed by atoms with van der Waals surface area (Å²) in [7, 11) is 0. The Morgan fingerprint density at radius 2 is 2.12 bits per heavy atom. The van der Waals surface area contributed by atoms with Crippen LogP contribution in [-0.4, -0.2) is 45.1 Å². The van der Waals surface area contributed by atoms with Crippen LogP contribution in [0.4, 0.5) is 5.82 Å². The van der Waals surface area contributed by atoms with Crippen LogP contribution in [0.3, 0.4) is 0 Å². The number of aryl methyl sites for hydroxylation is 1. The van der Waals surface area contributed by atoms with Gasteiger partial charge in [0.05, 0.1) is 5.69 Å². The summed E-state index contributed by atoms with van der Waals surface area (Å²) in [6.07, 6.45) is 6.47. The third-order valence-electron chi connectivity index (χ3n) is 4.05. The molecular weight excluding hydrogens is 324 g/mol. The average molecular weight is 346 g/mol. The molecule has 3 rings (SSSR count). The van der Waals surface area contributed by atoms with Gasteiger partial charge in [-0.05, 0) is 30.8 Å². The van der Waals surface area contributed by atoms with Crippen molar-refractivity contribution in [3.63, 3.8) is 0 Å². The molecule has 0 unspecified atom stereocenters. The van der Waals surface area contributed by atoms with Crippen molar-refractivity contribution in [2.45, 2.75) is 39.0 Å². The highest BCUT2D eigenvalue weighted by Crippen LogP contribution is 2.17. The Labute approximate surface area is 145 Å². The van der Waals surface area contributed by atoms with Crippen LogP contribution in [0.15, 0.2) is 12.4 Å². The topological polar surface area (TPSA) is 83.9 Å². The van der Waals surface area contributed by atoms with Gasteiger partial charge in [0.2, 0.25) is 0 Å². The summed E-state index contributed by atoms with van der Waals surface area (Å²) in [5.74, 6) is 0.892. The third-order valence-corrected chi connectivity index (χ3v) is 4.82. The normalized spacial score (nSPS) is 14.1. The van der Waals surface area contributed by atoms with Gasteiger partial charge in [0.15, 0.2) is 0 Å². The molecular formula is C16H22N6OS. The zero-order valence-electron chi connectivity index (χ0n) is 13.9. The highest BCUT2D eigenvalue weighted by Gasteiger charge is 2.16. The molecule has 0 spiro atoms. The number of carbonyl (C=O) groups excluding carboxylic acids is 1. The molecule has 3 heterocycles. The first-order valence-electron chi connectivity index (χ1n) is 8.43. The summed E-state index contributed by atoms with van der Waals surface area (Å²) >= 11 is 1.16.